The Kier molecular flexibility index (Phi) is 3.42. The summed E-state index contributed by atoms with van der Waals surface area (Å²) in [6, 6.07) is 3.16. The second-order valence-corrected chi connectivity index (χ2v) is 6.23. The van der Waals surface area contributed by atoms with Crippen LogP contribution in [0.1, 0.15) is 39.0 Å². The molecule has 3 nitrogen and oxygen atoms in total. The first-order chi connectivity index (χ1) is 8.29. The highest BCUT2D eigenvalue weighted by Gasteiger charge is 2.40. The van der Waals surface area contributed by atoms with E-state index in [2.05, 4.69) is 29.1 Å². The van der Waals surface area contributed by atoms with E-state index < -0.39 is 0 Å². The molecule has 98 valence electrons. The van der Waals surface area contributed by atoms with Crippen molar-refractivity contribution in [2.45, 2.75) is 63.2 Å². The van der Waals surface area contributed by atoms with Crippen LogP contribution in [0.3, 0.4) is 0 Å². The summed E-state index contributed by atoms with van der Waals surface area (Å²) in [4.78, 5) is 5.55. The molecule has 3 rings (SSSR count). The van der Waals surface area contributed by atoms with Gasteiger partial charge in [-0.3, -0.25) is 9.80 Å². The maximum atomic E-state index is 3.54. The maximum absolute atomic E-state index is 3.54. The van der Waals surface area contributed by atoms with Gasteiger partial charge in [0.15, 0.2) is 0 Å². The van der Waals surface area contributed by atoms with E-state index >= 15 is 0 Å². The largest absolute Gasteiger partial charge is 0.315 e. The van der Waals surface area contributed by atoms with Crippen molar-refractivity contribution in [1.82, 2.24) is 15.1 Å². The summed E-state index contributed by atoms with van der Waals surface area (Å²) in [7, 11) is 2.14. The molecule has 1 saturated carbocycles. The zero-order valence-electron chi connectivity index (χ0n) is 11.4. The van der Waals surface area contributed by atoms with Gasteiger partial charge in [0.2, 0.25) is 0 Å². The van der Waals surface area contributed by atoms with Gasteiger partial charge in [0.05, 0.1) is 0 Å². The number of hydrogen-bond acceptors (Lipinski definition) is 3. The molecule has 2 aliphatic heterocycles. The molecule has 0 spiro atoms. The molecule has 2 heterocycles. The topological polar surface area (TPSA) is 18.5 Å². The van der Waals surface area contributed by atoms with Crippen LogP contribution >= 0.6 is 0 Å². The van der Waals surface area contributed by atoms with Gasteiger partial charge < -0.3 is 5.32 Å². The molecule has 17 heavy (non-hydrogen) atoms. The molecule has 3 fully saturated rings. The number of nitrogens with zero attached hydrogens (tertiary/aromatic N) is 2. The number of nitrogens with one attached hydrogen (secondary N) is 1. The van der Waals surface area contributed by atoms with Crippen molar-refractivity contribution in [3.8, 4) is 0 Å². The molecule has 0 bridgehead atoms. The van der Waals surface area contributed by atoms with Gasteiger partial charge in [0.25, 0.3) is 0 Å². The van der Waals surface area contributed by atoms with Gasteiger partial charge in [-0.25, -0.2) is 0 Å². The van der Waals surface area contributed by atoms with E-state index in [1.807, 2.05) is 0 Å². The molecule has 3 heteroatoms. The molecule has 0 aromatic heterocycles. The minimum atomic E-state index is 0.741. The predicted octanol–water partition coefficient (Wildman–Crippen LogP) is 1.30. The second-order valence-electron chi connectivity index (χ2n) is 6.23. The van der Waals surface area contributed by atoms with Crippen molar-refractivity contribution in [2.75, 3.05) is 26.7 Å². The molecule has 4 atom stereocenters. The van der Waals surface area contributed by atoms with Crippen LogP contribution in [0.4, 0.5) is 0 Å². The summed E-state index contributed by atoms with van der Waals surface area (Å²) in [5.74, 6) is 0. The van der Waals surface area contributed by atoms with Gasteiger partial charge in [-0.1, -0.05) is 6.42 Å². The van der Waals surface area contributed by atoms with Crippen molar-refractivity contribution in [3.63, 3.8) is 0 Å². The van der Waals surface area contributed by atoms with Crippen molar-refractivity contribution >= 4 is 0 Å². The highest BCUT2D eigenvalue weighted by molar-refractivity contribution is 4.98. The second kappa shape index (κ2) is 4.87. The zero-order chi connectivity index (χ0) is 11.8. The fraction of sp³-hybridized carbons (Fsp3) is 1.00. The van der Waals surface area contributed by atoms with Crippen LogP contribution < -0.4 is 5.32 Å². The highest BCUT2D eigenvalue weighted by atomic mass is 15.3. The molecular weight excluding hydrogens is 210 g/mol. The minimum Gasteiger partial charge on any atom is -0.315 e. The number of likely N-dealkylation sites (N-methyl/N-ethyl adjacent to an activating group) is 1. The fourth-order valence-electron chi connectivity index (χ4n) is 4.35. The van der Waals surface area contributed by atoms with Gasteiger partial charge in [-0.05, 0) is 46.2 Å². The lowest BCUT2D eigenvalue weighted by Gasteiger charge is -2.46. The van der Waals surface area contributed by atoms with E-state index in [-0.39, 0.29) is 0 Å². The van der Waals surface area contributed by atoms with Gasteiger partial charge >= 0.3 is 0 Å². The van der Waals surface area contributed by atoms with Crippen molar-refractivity contribution in [2.24, 2.45) is 0 Å². The smallest absolute Gasteiger partial charge is 0.0253 e. The first-order valence-electron chi connectivity index (χ1n) is 7.46. The van der Waals surface area contributed by atoms with E-state index in [4.69, 9.17) is 0 Å². The lowest BCUT2D eigenvalue weighted by molar-refractivity contribution is 0.0224. The van der Waals surface area contributed by atoms with Gasteiger partial charge in [-0.2, -0.15) is 0 Å². The Bertz CT molecular complexity index is 268. The average molecular weight is 237 g/mol. The first kappa shape index (κ1) is 11.9. The third-order valence-electron chi connectivity index (χ3n) is 5.26. The Morgan fingerprint density at radius 1 is 1.06 bits per heavy atom. The predicted molar refractivity (Wildman–Crippen MR) is 71.2 cm³/mol. The quantitative estimate of drug-likeness (QED) is 0.781. The third-order valence-corrected chi connectivity index (χ3v) is 5.26. The molecule has 0 aromatic carbocycles. The van der Waals surface area contributed by atoms with Gasteiger partial charge in [0.1, 0.15) is 0 Å². The summed E-state index contributed by atoms with van der Waals surface area (Å²) in [5, 5.41) is 3.54. The van der Waals surface area contributed by atoms with E-state index in [1.54, 1.807) is 0 Å². The van der Waals surface area contributed by atoms with Crippen LogP contribution in [0, 0.1) is 0 Å². The SMILES string of the molecule is CNC1CCCC1N1CC2CCCN2CC1C. The number of piperazine rings is 1. The number of fused-ring (bicyclic) bond motifs is 1. The van der Waals surface area contributed by atoms with Crippen LogP contribution in [0.2, 0.25) is 0 Å². The number of rotatable bonds is 2. The molecule has 1 N–H and O–H groups in total. The molecule has 1 aliphatic carbocycles. The molecular formula is C14H27N3. The van der Waals surface area contributed by atoms with Gasteiger partial charge in [0, 0.05) is 37.3 Å². The maximum Gasteiger partial charge on any atom is 0.0253 e. The van der Waals surface area contributed by atoms with E-state index in [9.17, 15) is 0 Å². The summed E-state index contributed by atoms with van der Waals surface area (Å²) < 4.78 is 0. The van der Waals surface area contributed by atoms with Crippen LogP contribution in [-0.4, -0.2) is 60.6 Å². The monoisotopic (exact) mass is 237 g/mol. The van der Waals surface area contributed by atoms with Crippen molar-refractivity contribution in [3.05, 3.63) is 0 Å². The molecule has 4 unspecified atom stereocenters. The highest BCUT2D eigenvalue weighted by Crippen LogP contribution is 2.31. The van der Waals surface area contributed by atoms with Crippen molar-refractivity contribution in [1.29, 1.82) is 0 Å². The lowest BCUT2D eigenvalue weighted by Crippen LogP contribution is -2.60. The Balaban J connectivity index is 1.69. The summed E-state index contributed by atoms with van der Waals surface area (Å²) in [5.41, 5.74) is 0. The number of hydrogen-bond donors (Lipinski definition) is 1. The summed E-state index contributed by atoms with van der Waals surface area (Å²) in [6.07, 6.45) is 7.04. The van der Waals surface area contributed by atoms with Crippen LogP contribution in [0.15, 0.2) is 0 Å². The van der Waals surface area contributed by atoms with Crippen LogP contribution in [-0.2, 0) is 0 Å². The minimum absolute atomic E-state index is 0.741. The fourth-order valence-corrected chi connectivity index (χ4v) is 4.35. The molecule has 2 saturated heterocycles. The van der Waals surface area contributed by atoms with E-state index in [1.165, 1.54) is 51.7 Å². The summed E-state index contributed by atoms with van der Waals surface area (Å²) >= 11 is 0. The Hall–Kier alpha value is -0.120. The standard InChI is InChI=1S/C14H27N3/c1-11-9-16-8-4-5-12(16)10-17(11)14-7-3-6-13(14)15-2/h11-15H,3-10H2,1-2H3. The van der Waals surface area contributed by atoms with Crippen LogP contribution in [0.25, 0.3) is 0 Å². The Labute approximate surface area is 106 Å². The normalized spacial score (nSPS) is 44.1. The zero-order valence-corrected chi connectivity index (χ0v) is 11.4. The molecule has 3 aliphatic rings. The van der Waals surface area contributed by atoms with Gasteiger partial charge in [-0.15, -0.1) is 0 Å². The van der Waals surface area contributed by atoms with E-state index in [0.717, 1.165) is 24.2 Å². The third kappa shape index (κ3) is 2.13. The Morgan fingerprint density at radius 2 is 1.94 bits per heavy atom. The Morgan fingerprint density at radius 3 is 2.76 bits per heavy atom. The molecule has 0 aromatic rings. The molecule has 0 radical (unpaired) electrons. The van der Waals surface area contributed by atoms with Crippen LogP contribution in [0.5, 0.6) is 0 Å². The molecule has 0 amide bonds. The average Bonchev–Trinajstić information content (AvgIpc) is 2.94. The first-order valence-corrected chi connectivity index (χ1v) is 7.46. The van der Waals surface area contributed by atoms with Crippen molar-refractivity contribution < 1.29 is 0 Å². The summed E-state index contributed by atoms with van der Waals surface area (Å²) in [6.45, 7) is 6.41. The lowest BCUT2D eigenvalue weighted by atomic mass is 10.0. The van der Waals surface area contributed by atoms with E-state index in [0.29, 0.717) is 0 Å².